The van der Waals surface area contributed by atoms with Crippen LogP contribution in [0.25, 0.3) is 11.1 Å². The summed E-state index contributed by atoms with van der Waals surface area (Å²) in [6, 6.07) is 4.93. The summed E-state index contributed by atoms with van der Waals surface area (Å²) in [4.78, 5) is 17.7. The highest BCUT2D eigenvalue weighted by molar-refractivity contribution is 5.92. The first-order valence-corrected chi connectivity index (χ1v) is 12.2. The molecule has 0 fully saturated rings. The van der Waals surface area contributed by atoms with Crippen LogP contribution in [0.5, 0.6) is 0 Å². The molecule has 2 atom stereocenters. The molecule has 3 rings (SSSR count). The SMILES string of the molecule is C=CCN1CC(C(=O)N(CC)CC)C=C2c3ccc(CC)c(C)c3/C(=C\CCC)CC21. The topological polar surface area (TPSA) is 23.6 Å². The first-order valence-electron chi connectivity index (χ1n) is 12.2. The number of rotatable bonds is 8. The average molecular weight is 421 g/mol. The zero-order valence-corrected chi connectivity index (χ0v) is 20.2. The van der Waals surface area contributed by atoms with Gasteiger partial charge in [0.15, 0.2) is 0 Å². The van der Waals surface area contributed by atoms with Gasteiger partial charge in [0.1, 0.15) is 0 Å². The molecule has 0 aromatic heterocycles. The second kappa shape index (κ2) is 10.5. The molecular weight excluding hydrogens is 380 g/mol. The Kier molecular flexibility index (Phi) is 7.94. The van der Waals surface area contributed by atoms with Crippen LogP contribution in [0.4, 0.5) is 0 Å². The summed E-state index contributed by atoms with van der Waals surface area (Å²) in [5.41, 5.74) is 8.41. The van der Waals surface area contributed by atoms with Crippen LogP contribution in [0.15, 0.2) is 36.9 Å². The molecule has 0 N–H and O–H groups in total. The summed E-state index contributed by atoms with van der Waals surface area (Å²) in [5.74, 6) is 0.159. The number of hydrogen-bond donors (Lipinski definition) is 0. The summed E-state index contributed by atoms with van der Waals surface area (Å²) in [6.07, 6.45) is 11.1. The van der Waals surface area contributed by atoms with Gasteiger partial charge in [-0.05, 0) is 73.4 Å². The van der Waals surface area contributed by atoms with Crippen LogP contribution in [0, 0.1) is 12.8 Å². The zero-order chi connectivity index (χ0) is 22.5. The summed E-state index contributed by atoms with van der Waals surface area (Å²) < 4.78 is 0. The molecule has 1 amide bonds. The Morgan fingerprint density at radius 1 is 1.23 bits per heavy atom. The Morgan fingerprint density at radius 3 is 2.58 bits per heavy atom. The molecule has 3 nitrogen and oxygen atoms in total. The third kappa shape index (κ3) is 4.57. The quantitative estimate of drug-likeness (QED) is 0.490. The normalized spacial score (nSPS) is 22.0. The standard InChI is InChI=1S/C28H40N2O/c1-7-12-13-22-18-26-25(24-15-14-21(9-3)20(6)27(22)24)17-23(19-30(26)16-8-2)28(31)29(10-4)11-5/h8,13-15,17,23,26H,2,7,9-12,16,18-19H2,1,3-6H3/b22-13-. The minimum Gasteiger partial charge on any atom is -0.343 e. The number of amides is 1. The maximum absolute atomic E-state index is 13.3. The van der Waals surface area contributed by atoms with Crippen LogP contribution in [0.3, 0.4) is 0 Å². The molecule has 0 radical (unpaired) electrons. The number of aryl methyl sites for hydroxylation is 1. The predicted octanol–water partition coefficient (Wildman–Crippen LogP) is 5.88. The van der Waals surface area contributed by atoms with Crippen molar-refractivity contribution >= 4 is 17.1 Å². The highest BCUT2D eigenvalue weighted by Gasteiger charge is 2.38. The number of benzene rings is 1. The van der Waals surface area contributed by atoms with E-state index in [1.54, 1.807) is 0 Å². The smallest absolute Gasteiger partial charge is 0.230 e. The van der Waals surface area contributed by atoms with Crippen LogP contribution >= 0.6 is 0 Å². The molecule has 0 bridgehead atoms. The molecule has 2 aliphatic rings. The second-order valence-corrected chi connectivity index (χ2v) is 8.85. The molecule has 0 spiro atoms. The van der Waals surface area contributed by atoms with E-state index in [1.807, 2.05) is 11.0 Å². The lowest BCUT2D eigenvalue weighted by molar-refractivity contribution is -0.134. The predicted molar refractivity (Wildman–Crippen MR) is 133 cm³/mol. The molecule has 1 heterocycles. The number of nitrogens with zero attached hydrogens (tertiary/aromatic N) is 2. The van der Waals surface area contributed by atoms with Crippen LogP contribution in [-0.4, -0.2) is 47.9 Å². The maximum atomic E-state index is 13.3. The van der Waals surface area contributed by atoms with Gasteiger partial charge in [-0.25, -0.2) is 0 Å². The van der Waals surface area contributed by atoms with Crippen molar-refractivity contribution in [1.82, 2.24) is 9.80 Å². The monoisotopic (exact) mass is 420 g/mol. The van der Waals surface area contributed by atoms with E-state index in [9.17, 15) is 4.79 Å². The number of fused-ring (bicyclic) bond motifs is 3. The van der Waals surface area contributed by atoms with E-state index in [0.29, 0.717) is 6.04 Å². The van der Waals surface area contributed by atoms with E-state index in [2.05, 4.69) is 70.4 Å². The van der Waals surface area contributed by atoms with E-state index >= 15 is 0 Å². The Hall–Kier alpha value is -2.13. The fourth-order valence-electron chi connectivity index (χ4n) is 5.36. The average Bonchev–Trinajstić information content (AvgIpc) is 2.78. The minimum absolute atomic E-state index is 0.0914. The molecule has 0 saturated heterocycles. The van der Waals surface area contributed by atoms with Gasteiger partial charge in [-0.3, -0.25) is 9.69 Å². The second-order valence-electron chi connectivity index (χ2n) is 8.85. The first-order chi connectivity index (χ1) is 15.0. The van der Waals surface area contributed by atoms with Gasteiger partial charge in [0.25, 0.3) is 0 Å². The van der Waals surface area contributed by atoms with Crippen LogP contribution in [0.1, 0.15) is 69.2 Å². The number of hydrogen-bond acceptors (Lipinski definition) is 2. The van der Waals surface area contributed by atoms with Crippen molar-refractivity contribution in [2.45, 2.75) is 66.3 Å². The zero-order valence-electron chi connectivity index (χ0n) is 20.2. The molecule has 168 valence electrons. The highest BCUT2D eigenvalue weighted by atomic mass is 16.2. The Bertz CT molecular complexity index is 875. The van der Waals surface area contributed by atoms with E-state index in [1.165, 1.54) is 33.4 Å². The first kappa shape index (κ1) is 23.5. The van der Waals surface area contributed by atoms with Crippen molar-refractivity contribution in [2.24, 2.45) is 5.92 Å². The van der Waals surface area contributed by atoms with Crippen molar-refractivity contribution in [3.05, 3.63) is 59.2 Å². The van der Waals surface area contributed by atoms with Crippen molar-refractivity contribution in [3.63, 3.8) is 0 Å². The van der Waals surface area contributed by atoms with Gasteiger partial charge in [0.2, 0.25) is 5.91 Å². The lowest BCUT2D eigenvalue weighted by Crippen LogP contribution is -2.49. The molecule has 1 aromatic rings. The van der Waals surface area contributed by atoms with E-state index in [-0.39, 0.29) is 11.8 Å². The highest BCUT2D eigenvalue weighted by Crippen LogP contribution is 2.45. The van der Waals surface area contributed by atoms with Crippen molar-refractivity contribution in [2.75, 3.05) is 26.2 Å². The van der Waals surface area contributed by atoms with Crippen molar-refractivity contribution < 1.29 is 4.79 Å². The molecule has 1 aliphatic carbocycles. The maximum Gasteiger partial charge on any atom is 0.230 e. The summed E-state index contributed by atoms with van der Waals surface area (Å²) >= 11 is 0. The lowest BCUT2D eigenvalue weighted by atomic mass is 9.73. The Morgan fingerprint density at radius 2 is 1.97 bits per heavy atom. The van der Waals surface area contributed by atoms with Crippen LogP contribution in [0.2, 0.25) is 0 Å². The third-order valence-corrected chi connectivity index (χ3v) is 7.05. The fraction of sp³-hybridized carbons (Fsp3) is 0.536. The molecule has 1 aliphatic heterocycles. The van der Waals surface area contributed by atoms with E-state index < -0.39 is 0 Å². The lowest BCUT2D eigenvalue weighted by Gasteiger charge is -2.44. The van der Waals surface area contributed by atoms with Gasteiger partial charge in [-0.15, -0.1) is 6.58 Å². The summed E-state index contributed by atoms with van der Waals surface area (Å²) in [5, 5.41) is 0. The van der Waals surface area contributed by atoms with Gasteiger partial charge < -0.3 is 4.90 Å². The third-order valence-electron chi connectivity index (χ3n) is 7.05. The van der Waals surface area contributed by atoms with Crippen LogP contribution in [-0.2, 0) is 11.2 Å². The van der Waals surface area contributed by atoms with Crippen LogP contribution < -0.4 is 0 Å². The van der Waals surface area contributed by atoms with Gasteiger partial charge in [-0.2, -0.15) is 0 Å². The van der Waals surface area contributed by atoms with Crippen molar-refractivity contribution in [3.8, 4) is 0 Å². The molecule has 3 heteroatoms. The van der Waals surface area contributed by atoms with Crippen molar-refractivity contribution in [1.29, 1.82) is 0 Å². The number of carbonyl (C=O) groups excluding carboxylic acids is 1. The molecule has 31 heavy (non-hydrogen) atoms. The Balaban J connectivity index is 2.16. The minimum atomic E-state index is -0.0914. The van der Waals surface area contributed by atoms with Gasteiger partial charge in [-0.1, -0.05) is 50.6 Å². The number of carbonyl (C=O) groups is 1. The molecule has 2 unspecified atom stereocenters. The molecule has 0 saturated carbocycles. The molecular formula is C28H40N2O. The van der Waals surface area contributed by atoms with E-state index in [4.69, 9.17) is 0 Å². The van der Waals surface area contributed by atoms with Gasteiger partial charge in [0.05, 0.1) is 5.92 Å². The van der Waals surface area contributed by atoms with Gasteiger partial charge >= 0.3 is 0 Å². The number of unbranched alkanes of at least 4 members (excludes halogenated alkanes) is 1. The summed E-state index contributed by atoms with van der Waals surface area (Å²) in [6.45, 7) is 18.0. The summed E-state index contributed by atoms with van der Waals surface area (Å²) in [7, 11) is 0. The Labute approximate surface area is 189 Å². The number of allylic oxidation sites excluding steroid dienone is 1. The van der Waals surface area contributed by atoms with Gasteiger partial charge in [0, 0.05) is 32.2 Å². The molecule has 1 aromatic carbocycles. The van der Waals surface area contributed by atoms with E-state index in [0.717, 1.165) is 51.9 Å². The fourth-order valence-corrected chi connectivity index (χ4v) is 5.36. The largest absolute Gasteiger partial charge is 0.343 e.